The summed E-state index contributed by atoms with van der Waals surface area (Å²) in [5.74, 6) is 1.17. The average Bonchev–Trinajstić information content (AvgIpc) is 2.80. The van der Waals surface area contributed by atoms with Crippen LogP contribution in [-0.2, 0) is 10.1 Å². The van der Waals surface area contributed by atoms with Crippen LogP contribution in [0.25, 0.3) is 10.8 Å². The van der Waals surface area contributed by atoms with Crippen molar-refractivity contribution in [1.82, 2.24) is 0 Å². The molecule has 0 spiro atoms. The predicted octanol–water partition coefficient (Wildman–Crippen LogP) is 5.50. The Labute approximate surface area is 199 Å². The molecule has 1 heterocycles. The zero-order valence-corrected chi connectivity index (χ0v) is 20.3. The first-order chi connectivity index (χ1) is 16.1. The molecule has 0 atom stereocenters. The highest BCUT2D eigenvalue weighted by Gasteiger charge is 2.32. The van der Waals surface area contributed by atoms with Crippen LogP contribution in [0.5, 0.6) is 11.5 Å². The van der Waals surface area contributed by atoms with Crippen LogP contribution >= 0.6 is 0 Å². The third-order valence-electron chi connectivity index (χ3n) is 6.36. The molecule has 0 radical (unpaired) electrons. The number of fused-ring (bicyclic) bond motifs is 3. The molecule has 0 bridgehead atoms. The van der Waals surface area contributed by atoms with E-state index < -0.39 is 10.1 Å². The van der Waals surface area contributed by atoms with Crippen molar-refractivity contribution in [3.8, 4) is 11.5 Å². The van der Waals surface area contributed by atoms with Crippen LogP contribution in [0.15, 0.2) is 77.7 Å². The maximum atomic E-state index is 12.3. The van der Waals surface area contributed by atoms with Gasteiger partial charge in [0.05, 0.1) is 0 Å². The summed E-state index contributed by atoms with van der Waals surface area (Å²) in [5.41, 5.74) is 4.68. The summed E-state index contributed by atoms with van der Waals surface area (Å²) >= 11 is 0. The van der Waals surface area contributed by atoms with Gasteiger partial charge in [-0.05, 0) is 29.1 Å². The minimum absolute atomic E-state index is 0.0926. The van der Waals surface area contributed by atoms with Gasteiger partial charge < -0.3 is 14.5 Å². The van der Waals surface area contributed by atoms with Crippen LogP contribution in [0, 0.1) is 0 Å². The highest BCUT2D eigenvalue weighted by molar-refractivity contribution is 7.86. The van der Waals surface area contributed by atoms with E-state index in [4.69, 9.17) is 4.74 Å². The van der Waals surface area contributed by atoms with E-state index in [0.29, 0.717) is 5.39 Å². The number of benzene rings is 4. The van der Waals surface area contributed by atoms with E-state index >= 15 is 0 Å². The summed E-state index contributed by atoms with van der Waals surface area (Å²) in [6, 6.07) is 22.8. The lowest BCUT2D eigenvalue weighted by molar-refractivity contribution is 0.453. The van der Waals surface area contributed by atoms with Gasteiger partial charge in [-0.25, -0.2) is 0 Å². The molecule has 4 aromatic carbocycles. The first kappa shape index (κ1) is 22.3. The molecule has 174 valence electrons. The normalized spacial score (nSPS) is 13.2. The summed E-state index contributed by atoms with van der Waals surface area (Å²) in [6.07, 6.45) is 0. The standard InChI is InChI=1S/C27H26N2O4S/c1-28(2)18-11-13-20-23(15-18)33-24-16-19(29(3)4)12-14-21(24)27(20)22-9-5-7-17-8-6-10-25(26(17)22)34(30,31)32/h5-16,27H,1-4H3,(H,30,31,32). The van der Waals surface area contributed by atoms with E-state index in [-0.39, 0.29) is 10.8 Å². The lowest BCUT2D eigenvalue weighted by atomic mass is 9.80. The fourth-order valence-corrected chi connectivity index (χ4v) is 5.41. The molecule has 0 saturated heterocycles. The second-order valence-electron chi connectivity index (χ2n) is 8.94. The first-order valence-corrected chi connectivity index (χ1v) is 12.4. The van der Waals surface area contributed by atoms with Gasteiger partial charge in [-0.3, -0.25) is 4.55 Å². The predicted molar refractivity (Wildman–Crippen MR) is 136 cm³/mol. The topological polar surface area (TPSA) is 70.1 Å². The van der Waals surface area contributed by atoms with Crippen molar-refractivity contribution < 1.29 is 17.7 Å². The SMILES string of the molecule is CN(C)c1ccc2c(c1)Oc1cc(N(C)C)ccc1C2c1cccc2cccc(S(=O)(=O)O)c12. The van der Waals surface area contributed by atoms with Crippen molar-refractivity contribution in [2.75, 3.05) is 38.0 Å². The first-order valence-electron chi connectivity index (χ1n) is 10.9. The lowest BCUT2D eigenvalue weighted by Gasteiger charge is -2.31. The van der Waals surface area contributed by atoms with Gasteiger partial charge in [-0.2, -0.15) is 8.42 Å². The largest absolute Gasteiger partial charge is 0.457 e. The van der Waals surface area contributed by atoms with Crippen molar-refractivity contribution in [2.45, 2.75) is 10.8 Å². The third-order valence-corrected chi connectivity index (χ3v) is 7.25. The van der Waals surface area contributed by atoms with Crippen LogP contribution in [0.1, 0.15) is 22.6 Å². The monoisotopic (exact) mass is 474 g/mol. The minimum atomic E-state index is -4.43. The maximum absolute atomic E-state index is 12.3. The number of ether oxygens (including phenoxy) is 1. The number of nitrogens with zero attached hydrogens (tertiary/aromatic N) is 2. The Balaban J connectivity index is 1.85. The molecular weight excluding hydrogens is 448 g/mol. The molecule has 0 unspecified atom stereocenters. The molecule has 0 aromatic heterocycles. The minimum Gasteiger partial charge on any atom is -0.457 e. The van der Waals surface area contributed by atoms with Crippen molar-refractivity contribution in [1.29, 1.82) is 0 Å². The van der Waals surface area contributed by atoms with E-state index in [2.05, 4.69) is 0 Å². The Morgan fingerprint density at radius 2 is 1.26 bits per heavy atom. The zero-order valence-electron chi connectivity index (χ0n) is 19.5. The highest BCUT2D eigenvalue weighted by Crippen LogP contribution is 2.50. The van der Waals surface area contributed by atoms with Crippen LogP contribution in [0.3, 0.4) is 0 Å². The Hall–Kier alpha value is -3.55. The fraction of sp³-hybridized carbons (Fsp3) is 0.185. The lowest BCUT2D eigenvalue weighted by Crippen LogP contribution is -2.16. The van der Waals surface area contributed by atoms with Gasteiger partial charge in [0.1, 0.15) is 16.4 Å². The van der Waals surface area contributed by atoms with Gasteiger partial charge in [0, 0.05) is 74.1 Å². The van der Waals surface area contributed by atoms with Crippen LogP contribution in [0.4, 0.5) is 11.4 Å². The number of rotatable bonds is 4. The molecule has 0 amide bonds. The van der Waals surface area contributed by atoms with Crippen molar-refractivity contribution in [3.05, 3.63) is 89.5 Å². The molecule has 0 fully saturated rings. The van der Waals surface area contributed by atoms with Gasteiger partial charge in [0.25, 0.3) is 10.1 Å². The van der Waals surface area contributed by atoms with E-state index in [0.717, 1.165) is 45.0 Å². The van der Waals surface area contributed by atoms with E-state index in [1.807, 2.05) is 98.7 Å². The fourth-order valence-electron chi connectivity index (χ4n) is 4.67. The van der Waals surface area contributed by atoms with Crippen LogP contribution in [-0.4, -0.2) is 41.2 Å². The Bertz CT molecular complexity index is 1460. The molecule has 0 saturated carbocycles. The molecular formula is C27H26N2O4S. The summed E-state index contributed by atoms with van der Waals surface area (Å²) in [4.78, 5) is 3.93. The summed E-state index contributed by atoms with van der Waals surface area (Å²) in [6.45, 7) is 0. The second kappa shape index (κ2) is 8.04. The number of hydrogen-bond donors (Lipinski definition) is 1. The summed E-state index contributed by atoms with van der Waals surface area (Å²) in [7, 11) is 3.48. The molecule has 5 rings (SSSR count). The van der Waals surface area contributed by atoms with Gasteiger partial charge in [-0.15, -0.1) is 0 Å². The average molecular weight is 475 g/mol. The smallest absolute Gasteiger partial charge is 0.295 e. The maximum Gasteiger partial charge on any atom is 0.295 e. The van der Waals surface area contributed by atoms with Crippen LogP contribution in [0.2, 0.25) is 0 Å². The molecule has 1 aliphatic rings. The Morgan fingerprint density at radius 1 is 0.735 bits per heavy atom. The Kier molecular flexibility index (Phi) is 5.26. The van der Waals surface area contributed by atoms with Gasteiger partial charge >= 0.3 is 0 Å². The van der Waals surface area contributed by atoms with Gasteiger partial charge in [0.2, 0.25) is 0 Å². The molecule has 4 aromatic rings. The quantitative estimate of drug-likeness (QED) is 0.347. The van der Waals surface area contributed by atoms with E-state index in [9.17, 15) is 13.0 Å². The highest BCUT2D eigenvalue weighted by atomic mass is 32.2. The third kappa shape index (κ3) is 3.67. The van der Waals surface area contributed by atoms with Crippen molar-refractivity contribution in [3.63, 3.8) is 0 Å². The summed E-state index contributed by atoms with van der Waals surface area (Å²) < 4.78 is 41.1. The molecule has 1 N–H and O–H groups in total. The molecule has 6 nitrogen and oxygen atoms in total. The number of hydrogen-bond acceptors (Lipinski definition) is 5. The molecule has 34 heavy (non-hydrogen) atoms. The molecule has 0 aliphatic carbocycles. The Morgan fingerprint density at radius 3 is 1.76 bits per heavy atom. The molecule has 7 heteroatoms. The van der Waals surface area contributed by atoms with E-state index in [1.165, 1.54) is 6.07 Å². The van der Waals surface area contributed by atoms with Crippen molar-refractivity contribution in [2.24, 2.45) is 0 Å². The summed E-state index contributed by atoms with van der Waals surface area (Å²) in [5, 5.41) is 1.27. The van der Waals surface area contributed by atoms with Gasteiger partial charge in [0.15, 0.2) is 0 Å². The van der Waals surface area contributed by atoms with Crippen LogP contribution < -0.4 is 14.5 Å². The van der Waals surface area contributed by atoms with E-state index in [1.54, 1.807) is 6.07 Å². The van der Waals surface area contributed by atoms with Gasteiger partial charge in [-0.1, -0.05) is 42.5 Å². The number of anilines is 2. The molecule has 1 aliphatic heterocycles. The zero-order chi connectivity index (χ0) is 24.2. The van der Waals surface area contributed by atoms with Crippen molar-refractivity contribution >= 4 is 32.3 Å². The second-order valence-corrected chi connectivity index (χ2v) is 10.3.